The van der Waals surface area contributed by atoms with Crippen molar-refractivity contribution in [3.05, 3.63) is 59.7 Å². The standard InChI is InChI=1S/C15H16O2.C3H5ClO.C3H6O/c1-15(2,11-3-7-13(16)8-4-11)12-5-9-14(17)10-6-12;4-1-3-2-5-3;1-3-2-4-3/h3-10,16-17H,1-2H3;3H,1-2H2;3H,2H2,1H3. The molecule has 0 saturated carbocycles. The van der Waals surface area contributed by atoms with Gasteiger partial charge >= 0.3 is 0 Å². The fraction of sp³-hybridized carbons (Fsp3) is 0.429. The van der Waals surface area contributed by atoms with Crippen LogP contribution >= 0.6 is 11.6 Å². The number of epoxide rings is 2. The molecule has 2 unspecified atom stereocenters. The first-order chi connectivity index (χ1) is 12.3. The molecule has 2 heterocycles. The molecule has 2 atom stereocenters. The summed E-state index contributed by atoms with van der Waals surface area (Å²) >= 11 is 5.27. The third kappa shape index (κ3) is 6.87. The summed E-state index contributed by atoms with van der Waals surface area (Å²) in [6.45, 7) is 8.15. The number of phenols is 2. The van der Waals surface area contributed by atoms with Gasteiger partial charge in [-0.2, -0.15) is 0 Å². The lowest BCUT2D eigenvalue weighted by Gasteiger charge is -2.26. The first kappa shape index (κ1) is 20.6. The number of ether oxygens (including phenoxy) is 2. The highest BCUT2D eigenvalue weighted by Crippen LogP contribution is 2.32. The molecule has 2 saturated heterocycles. The van der Waals surface area contributed by atoms with Gasteiger partial charge in [-0.15, -0.1) is 11.6 Å². The van der Waals surface area contributed by atoms with Crippen molar-refractivity contribution in [1.82, 2.24) is 0 Å². The van der Waals surface area contributed by atoms with Crippen molar-refractivity contribution < 1.29 is 19.7 Å². The van der Waals surface area contributed by atoms with Crippen LogP contribution in [0.2, 0.25) is 0 Å². The van der Waals surface area contributed by atoms with E-state index in [0.717, 1.165) is 24.3 Å². The van der Waals surface area contributed by atoms with Crippen molar-refractivity contribution in [3.8, 4) is 11.5 Å². The molecule has 142 valence electrons. The zero-order valence-electron chi connectivity index (χ0n) is 15.5. The summed E-state index contributed by atoms with van der Waals surface area (Å²) in [7, 11) is 0. The summed E-state index contributed by atoms with van der Waals surface area (Å²) in [6, 6.07) is 14.4. The molecule has 0 radical (unpaired) electrons. The fourth-order valence-corrected chi connectivity index (χ4v) is 2.35. The van der Waals surface area contributed by atoms with Gasteiger partial charge in [-0.25, -0.2) is 0 Å². The topological polar surface area (TPSA) is 65.5 Å². The number of benzene rings is 2. The van der Waals surface area contributed by atoms with E-state index in [1.54, 1.807) is 24.3 Å². The molecular formula is C21H27ClO4. The Balaban J connectivity index is 0.000000218. The Morgan fingerprint density at radius 2 is 1.23 bits per heavy atom. The monoisotopic (exact) mass is 378 g/mol. The van der Waals surface area contributed by atoms with Crippen LogP contribution in [0.15, 0.2) is 48.5 Å². The maximum atomic E-state index is 9.30. The molecule has 0 aliphatic carbocycles. The van der Waals surface area contributed by atoms with E-state index in [4.69, 9.17) is 21.1 Å². The van der Waals surface area contributed by atoms with Gasteiger partial charge in [-0.05, 0) is 42.3 Å². The van der Waals surface area contributed by atoms with E-state index in [-0.39, 0.29) is 16.9 Å². The number of aromatic hydroxyl groups is 2. The number of phenolic OH excluding ortho intramolecular Hbond substituents is 2. The minimum absolute atomic E-state index is 0.151. The van der Waals surface area contributed by atoms with Crippen molar-refractivity contribution in [3.63, 3.8) is 0 Å². The summed E-state index contributed by atoms with van der Waals surface area (Å²) in [4.78, 5) is 0. The van der Waals surface area contributed by atoms with Gasteiger partial charge in [0, 0.05) is 5.41 Å². The number of halogens is 1. The number of alkyl halides is 1. The molecule has 0 amide bonds. The van der Waals surface area contributed by atoms with Crippen molar-refractivity contribution >= 4 is 11.6 Å². The normalized spacial score (nSPS) is 20.2. The van der Waals surface area contributed by atoms with Crippen LogP contribution < -0.4 is 0 Å². The Kier molecular flexibility index (Phi) is 7.33. The van der Waals surface area contributed by atoms with Crippen LogP contribution in [0, 0.1) is 0 Å². The molecule has 2 aromatic rings. The minimum Gasteiger partial charge on any atom is -0.508 e. The Labute approximate surface area is 160 Å². The van der Waals surface area contributed by atoms with Crippen LogP contribution in [-0.2, 0) is 14.9 Å². The molecule has 4 rings (SSSR count). The molecule has 0 aromatic heterocycles. The van der Waals surface area contributed by atoms with E-state index in [0.29, 0.717) is 18.1 Å². The zero-order valence-corrected chi connectivity index (χ0v) is 16.2. The third-order valence-electron chi connectivity index (χ3n) is 4.25. The highest BCUT2D eigenvalue weighted by molar-refractivity contribution is 6.18. The molecule has 2 aliphatic heterocycles. The van der Waals surface area contributed by atoms with Gasteiger partial charge in [0.2, 0.25) is 0 Å². The molecule has 2 aliphatic rings. The van der Waals surface area contributed by atoms with E-state index in [1.165, 1.54) is 0 Å². The highest BCUT2D eigenvalue weighted by atomic mass is 35.5. The summed E-state index contributed by atoms with van der Waals surface area (Å²) in [5.74, 6) is 1.21. The molecule has 2 N–H and O–H groups in total. The average Bonchev–Trinajstić information content (AvgIpc) is 3.53. The van der Waals surface area contributed by atoms with Crippen LogP contribution in [0.4, 0.5) is 0 Å². The number of hydrogen-bond donors (Lipinski definition) is 2. The lowest BCUT2D eigenvalue weighted by atomic mass is 9.78. The lowest BCUT2D eigenvalue weighted by molar-refractivity contribution is 0.423. The second-order valence-electron chi connectivity index (χ2n) is 6.97. The second kappa shape index (κ2) is 9.26. The van der Waals surface area contributed by atoms with Crippen LogP contribution in [0.3, 0.4) is 0 Å². The second-order valence-corrected chi connectivity index (χ2v) is 7.28. The van der Waals surface area contributed by atoms with Crippen molar-refractivity contribution in [2.24, 2.45) is 0 Å². The zero-order chi connectivity index (χ0) is 19.2. The van der Waals surface area contributed by atoms with Gasteiger partial charge in [0.1, 0.15) is 11.5 Å². The lowest BCUT2D eigenvalue weighted by Crippen LogP contribution is -2.18. The molecule has 5 heteroatoms. The van der Waals surface area contributed by atoms with Gasteiger partial charge in [0.15, 0.2) is 0 Å². The smallest absolute Gasteiger partial charge is 0.115 e. The van der Waals surface area contributed by atoms with Gasteiger partial charge < -0.3 is 19.7 Å². The molecule has 26 heavy (non-hydrogen) atoms. The van der Waals surface area contributed by atoms with Crippen LogP contribution in [0.25, 0.3) is 0 Å². The van der Waals surface area contributed by atoms with E-state index >= 15 is 0 Å². The summed E-state index contributed by atoms with van der Waals surface area (Å²) < 4.78 is 9.43. The van der Waals surface area contributed by atoms with E-state index in [2.05, 4.69) is 20.8 Å². The van der Waals surface area contributed by atoms with Crippen molar-refractivity contribution in [2.75, 3.05) is 19.1 Å². The third-order valence-corrected chi connectivity index (χ3v) is 4.60. The molecule has 2 aromatic carbocycles. The average molecular weight is 379 g/mol. The van der Waals surface area contributed by atoms with E-state index < -0.39 is 0 Å². The van der Waals surface area contributed by atoms with Gasteiger partial charge in [-0.3, -0.25) is 0 Å². The van der Waals surface area contributed by atoms with E-state index in [1.807, 2.05) is 24.3 Å². The SMILES string of the molecule is CC(C)(c1ccc(O)cc1)c1ccc(O)cc1.CC1CO1.ClCC1CO1. The van der Waals surface area contributed by atoms with Gasteiger partial charge in [0.25, 0.3) is 0 Å². The fourth-order valence-electron chi connectivity index (χ4n) is 2.18. The summed E-state index contributed by atoms with van der Waals surface area (Å²) in [5.41, 5.74) is 2.10. The molecular weight excluding hydrogens is 352 g/mol. The van der Waals surface area contributed by atoms with Crippen LogP contribution in [0.1, 0.15) is 31.9 Å². The molecule has 0 bridgehead atoms. The first-order valence-electron chi connectivity index (χ1n) is 8.71. The van der Waals surface area contributed by atoms with Crippen molar-refractivity contribution in [1.29, 1.82) is 0 Å². The van der Waals surface area contributed by atoms with Gasteiger partial charge in [0.05, 0.1) is 31.3 Å². The first-order valence-corrected chi connectivity index (χ1v) is 9.24. The Hall–Kier alpha value is -1.75. The Morgan fingerprint density at radius 1 is 0.885 bits per heavy atom. The number of rotatable bonds is 3. The van der Waals surface area contributed by atoms with E-state index in [9.17, 15) is 10.2 Å². The Morgan fingerprint density at radius 3 is 1.42 bits per heavy atom. The number of hydrogen-bond acceptors (Lipinski definition) is 4. The molecule has 2 fully saturated rings. The summed E-state index contributed by atoms with van der Waals surface area (Å²) in [5, 5.41) is 18.6. The maximum Gasteiger partial charge on any atom is 0.115 e. The quantitative estimate of drug-likeness (QED) is 0.611. The largest absolute Gasteiger partial charge is 0.508 e. The molecule has 0 spiro atoms. The van der Waals surface area contributed by atoms with Crippen LogP contribution in [0.5, 0.6) is 11.5 Å². The van der Waals surface area contributed by atoms with Crippen LogP contribution in [-0.4, -0.2) is 41.5 Å². The Bertz CT molecular complexity index is 612. The predicted octanol–water partition coefficient (Wildman–Crippen LogP) is 4.45. The summed E-state index contributed by atoms with van der Waals surface area (Å²) in [6.07, 6.45) is 0.983. The van der Waals surface area contributed by atoms with Gasteiger partial charge in [-0.1, -0.05) is 38.1 Å². The minimum atomic E-state index is -0.151. The molecule has 4 nitrogen and oxygen atoms in total. The predicted molar refractivity (Wildman–Crippen MR) is 104 cm³/mol. The highest BCUT2D eigenvalue weighted by Gasteiger charge is 2.22. The van der Waals surface area contributed by atoms with Crippen molar-refractivity contribution in [2.45, 2.75) is 38.4 Å². The maximum absolute atomic E-state index is 9.30.